The normalized spacial score (nSPS) is 12.0. The summed E-state index contributed by atoms with van der Waals surface area (Å²) in [6, 6.07) is 36.2. The molecule has 0 atom stereocenters. The van der Waals surface area contributed by atoms with Crippen LogP contribution in [0.25, 0.3) is 88.1 Å². The Balaban J connectivity index is 1.18. The minimum Gasteiger partial charge on any atom is -0.455 e. The number of rotatable bonds is 3. The van der Waals surface area contributed by atoms with E-state index in [4.69, 9.17) is 4.42 Å². The summed E-state index contributed by atoms with van der Waals surface area (Å²) in [6.07, 6.45) is 11.3. The lowest BCUT2D eigenvalue weighted by Gasteiger charge is -2.08. The highest BCUT2D eigenvalue weighted by Crippen LogP contribution is 2.40. The number of fused-ring (bicyclic) bond motifs is 9. The maximum absolute atomic E-state index is 6.61. The maximum Gasteiger partial charge on any atom is 0.143 e. The van der Waals surface area contributed by atoms with E-state index in [1.807, 2.05) is 43.2 Å². The van der Waals surface area contributed by atoms with Crippen molar-refractivity contribution in [3.63, 3.8) is 0 Å². The summed E-state index contributed by atoms with van der Waals surface area (Å²) in [7, 11) is 0. The molecule has 0 aliphatic heterocycles. The number of furan rings is 1. The van der Waals surface area contributed by atoms with Gasteiger partial charge in [0.1, 0.15) is 11.2 Å². The van der Waals surface area contributed by atoms with Gasteiger partial charge in [-0.15, -0.1) is 0 Å². The van der Waals surface area contributed by atoms with Gasteiger partial charge in [0.05, 0.1) is 40.7 Å². The first kappa shape index (κ1) is 24.2. The molecule has 0 spiro atoms. The van der Waals surface area contributed by atoms with E-state index in [0.29, 0.717) is 0 Å². The lowest BCUT2D eigenvalue weighted by Crippen LogP contribution is -1.94. The molecule has 4 aromatic carbocycles. The summed E-state index contributed by atoms with van der Waals surface area (Å²) in [5.74, 6) is 0. The number of hydrogen-bond acceptors (Lipinski definition) is 4. The van der Waals surface area contributed by atoms with Crippen molar-refractivity contribution >= 4 is 65.6 Å². The van der Waals surface area contributed by atoms with Gasteiger partial charge in [-0.25, -0.2) is 0 Å². The smallest absolute Gasteiger partial charge is 0.143 e. The second-order valence-electron chi connectivity index (χ2n) is 11.4. The molecule has 0 unspecified atom stereocenters. The molecule has 0 aliphatic carbocycles. The number of para-hydroxylation sites is 2. The zero-order valence-electron chi connectivity index (χ0n) is 23.9. The zero-order chi connectivity index (χ0) is 29.5. The van der Waals surface area contributed by atoms with Crippen molar-refractivity contribution in [2.45, 2.75) is 0 Å². The number of hydrogen-bond donors (Lipinski definition) is 0. The Morgan fingerprint density at radius 2 is 1.11 bits per heavy atom. The van der Waals surface area contributed by atoms with E-state index in [0.717, 1.165) is 77.3 Å². The van der Waals surface area contributed by atoms with E-state index >= 15 is 0 Å². The van der Waals surface area contributed by atoms with E-state index in [-0.39, 0.29) is 0 Å². The van der Waals surface area contributed by atoms with Crippen molar-refractivity contribution in [1.82, 2.24) is 24.1 Å². The Labute approximate surface area is 256 Å². The molecule has 0 amide bonds. The summed E-state index contributed by atoms with van der Waals surface area (Å²) in [5, 5.41) is 6.81. The van der Waals surface area contributed by atoms with Crippen LogP contribution in [0.1, 0.15) is 0 Å². The van der Waals surface area contributed by atoms with Gasteiger partial charge in [0.25, 0.3) is 0 Å². The molecule has 6 nitrogen and oxygen atoms in total. The van der Waals surface area contributed by atoms with Crippen molar-refractivity contribution < 1.29 is 4.42 Å². The van der Waals surface area contributed by atoms with Crippen LogP contribution in [0.5, 0.6) is 0 Å². The fourth-order valence-corrected chi connectivity index (χ4v) is 7.04. The maximum atomic E-state index is 6.61. The van der Waals surface area contributed by atoms with Crippen LogP contribution in [0.2, 0.25) is 0 Å². The lowest BCUT2D eigenvalue weighted by atomic mass is 10.0. The summed E-state index contributed by atoms with van der Waals surface area (Å²) in [4.78, 5) is 13.3. The minimum atomic E-state index is 0.853. The van der Waals surface area contributed by atoms with Gasteiger partial charge in [-0.2, -0.15) is 0 Å². The monoisotopic (exact) mass is 577 g/mol. The molecular formula is C39H23N5O. The summed E-state index contributed by atoms with van der Waals surface area (Å²) >= 11 is 0. The van der Waals surface area contributed by atoms with Crippen molar-refractivity contribution in [3.05, 3.63) is 140 Å². The molecule has 0 saturated heterocycles. The third kappa shape index (κ3) is 3.42. The van der Waals surface area contributed by atoms with Crippen molar-refractivity contribution in [2.24, 2.45) is 0 Å². The third-order valence-corrected chi connectivity index (χ3v) is 9.00. The van der Waals surface area contributed by atoms with Crippen LogP contribution in [0, 0.1) is 0 Å². The van der Waals surface area contributed by atoms with Gasteiger partial charge in [0.15, 0.2) is 0 Å². The molecule has 0 N–H and O–H groups in total. The van der Waals surface area contributed by atoms with Gasteiger partial charge in [0, 0.05) is 67.8 Å². The first-order valence-corrected chi connectivity index (χ1v) is 14.9. The van der Waals surface area contributed by atoms with E-state index < -0.39 is 0 Å². The predicted octanol–water partition coefficient (Wildman–Crippen LogP) is 9.63. The van der Waals surface area contributed by atoms with Crippen molar-refractivity contribution in [3.8, 4) is 22.5 Å². The molecule has 0 fully saturated rings. The molecular weight excluding hydrogens is 554 g/mol. The summed E-state index contributed by atoms with van der Waals surface area (Å²) in [5.41, 5.74) is 10.4. The van der Waals surface area contributed by atoms with Crippen LogP contribution >= 0.6 is 0 Å². The van der Waals surface area contributed by atoms with Gasteiger partial charge in [-0.05, 0) is 66.2 Å². The molecule has 6 heteroatoms. The molecule has 10 rings (SSSR count). The fraction of sp³-hybridized carbons (Fsp3) is 0. The SMILES string of the molecule is c1ccc(-n2c3ccc(-c4cccc5c4oc4ccc(-n6c7cnccc7c7ccncc76)cc45)cc3c3ccncc32)cc1. The van der Waals surface area contributed by atoms with Crippen LogP contribution < -0.4 is 0 Å². The van der Waals surface area contributed by atoms with Crippen LogP contribution in [0.3, 0.4) is 0 Å². The molecule has 0 bridgehead atoms. The number of pyridine rings is 3. The van der Waals surface area contributed by atoms with E-state index in [1.165, 1.54) is 10.8 Å². The number of benzene rings is 4. The quantitative estimate of drug-likeness (QED) is 0.210. The predicted molar refractivity (Wildman–Crippen MR) is 181 cm³/mol. The Kier molecular flexibility index (Phi) is 4.90. The molecule has 0 radical (unpaired) electrons. The Hall–Kier alpha value is -6.27. The second-order valence-corrected chi connectivity index (χ2v) is 11.4. The van der Waals surface area contributed by atoms with Crippen LogP contribution in [0.15, 0.2) is 145 Å². The van der Waals surface area contributed by atoms with Crippen LogP contribution in [-0.4, -0.2) is 24.1 Å². The topological polar surface area (TPSA) is 61.7 Å². The molecule has 6 heterocycles. The van der Waals surface area contributed by atoms with Gasteiger partial charge in [-0.3, -0.25) is 15.0 Å². The summed E-state index contributed by atoms with van der Waals surface area (Å²) in [6.45, 7) is 0. The highest BCUT2D eigenvalue weighted by Gasteiger charge is 2.18. The Bertz CT molecular complexity index is 2720. The third-order valence-electron chi connectivity index (χ3n) is 9.00. The number of aromatic nitrogens is 5. The van der Waals surface area contributed by atoms with Crippen LogP contribution in [-0.2, 0) is 0 Å². The standard InChI is InChI=1S/C39H23N5O/c1-2-5-25(6-3-1)43-34-11-9-24(19-32(34)30-15-18-42-23-37(30)43)27-7-4-8-31-33-20-26(10-12-38(33)45-39(27)31)44-35-21-40-16-13-28(35)29-14-17-41-22-36(29)44/h1-23H. The molecule has 10 aromatic rings. The van der Waals surface area contributed by atoms with Crippen molar-refractivity contribution in [2.75, 3.05) is 0 Å². The fourth-order valence-electron chi connectivity index (χ4n) is 7.04. The van der Waals surface area contributed by atoms with Gasteiger partial charge in [0.2, 0.25) is 0 Å². The largest absolute Gasteiger partial charge is 0.455 e. The average Bonchev–Trinajstić information content (AvgIpc) is 3.76. The van der Waals surface area contributed by atoms with E-state index in [9.17, 15) is 0 Å². The van der Waals surface area contributed by atoms with Crippen molar-refractivity contribution in [1.29, 1.82) is 0 Å². The Morgan fingerprint density at radius 1 is 0.444 bits per heavy atom. The highest BCUT2D eigenvalue weighted by atomic mass is 16.3. The molecule has 45 heavy (non-hydrogen) atoms. The highest BCUT2D eigenvalue weighted by molar-refractivity contribution is 6.14. The first-order chi connectivity index (χ1) is 22.3. The zero-order valence-corrected chi connectivity index (χ0v) is 23.9. The van der Waals surface area contributed by atoms with E-state index in [2.05, 4.69) is 121 Å². The summed E-state index contributed by atoms with van der Waals surface area (Å²) < 4.78 is 11.1. The van der Waals surface area contributed by atoms with Gasteiger partial charge in [-0.1, -0.05) is 42.5 Å². The van der Waals surface area contributed by atoms with Gasteiger partial charge < -0.3 is 13.6 Å². The first-order valence-electron chi connectivity index (χ1n) is 14.9. The number of nitrogens with zero attached hydrogens (tertiary/aromatic N) is 5. The average molecular weight is 578 g/mol. The Morgan fingerprint density at radius 3 is 1.82 bits per heavy atom. The van der Waals surface area contributed by atoms with E-state index in [1.54, 1.807) is 0 Å². The molecule has 0 saturated carbocycles. The van der Waals surface area contributed by atoms with Gasteiger partial charge >= 0.3 is 0 Å². The molecule has 0 aliphatic rings. The molecule has 210 valence electrons. The molecule has 6 aromatic heterocycles. The lowest BCUT2D eigenvalue weighted by molar-refractivity contribution is 0.670. The second kappa shape index (κ2) is 9.11. The minimum absolute atomic E-state index is 0.853. The van der Waals surface area contributed by atoms with Crippen LogP contribution in [0.4, 0.5) is 0 Å².